The first-order valence-electron chi connectivity index (χ1n) is 8.37. The van der Waals surface area contributed by atoms with Crippen molar-refractivity contribution < 1.29 is 4.74 Å². The van der Waals surface area contributed by atoms with Gasteiger partial charge in [0, 0.05) is 25.1 Å². The van der Waals surface area contributed by atoms with Crippen LogP contribution in [0.4, 0.5) is 0 Å². The minimum absolute atomic E-state index is 0.178. The SMILES string of the molecule is CCNC(=NCCCSC)NC1CC(C)(C)Oc2ccccc21. The molecule has 0 spiro atoms. The van der Waals surface area contributed by atoms with Crippen LogP contribution in [0.1, 0.15) is 45.2 Å². The van der Waals surface area contributed by atoms with Crippen molar-refractivity contribution in [2.24, 2.45) is 4.99 Å². The second-order valence-electron chi connectivity index (χ2n) is 6.41. The van der Waals surface area contributed by atoms with Crippen LogP contribution in [-0.4, -0.2) is 36.7 Å². The van der Waals surface area contributed by atoms with Crippen LogP contribution < -0.4 is 15.4 Å². The zero-order valence-corrected chi connectivity index (χ0v) is 15.5. The topological polar surface area (TPSA) is 45.7 Å². The summed E-state index contributed by atoms with van der Waals surface area (Å²) in [4.78, 5) is 4.71. The van der Waals surface area contributed by atoms with Gasteiger partial charge >= 0.3 is 0 Å². The fourth-order valence-electron chi connectivity index (χ4n) is 2.82. The van der Waals surface area contributed by atoms with Crippen molar-refractivity contribution in [2.45, 2.75) is 45.3 Å². The maximum Gasteiger partial charge on any atom is 0.191 e. The smallest absolute Gasteiger partial charge is 0.191 e. The molecule has 1 unspecified atom stereocenters. The lowest BCUT2D eigenvalue weighted by Crippen LogP contribution is -2.45. The van der Waals surface area contributed by atoms with Crippen molar-refractivity contribution >= 4 is 17.7 Å². The third kappa shape index (κ3) is 5.34. The first-order valence-corrected chi connectivity index (χ1v) is 9.77. The predicted molar refractivity (Wildman–Crippen MR) is 101 cm³/mol. The van der Waals surface area contributed by atoms with Crippen LogP contribution in [0.2, 0.25) is 0 Å². The number of nitrogens with one attached hydrogen (secondary N) is 2. The van der Waals surface area contributed by atoms with E-state index < -0.39 is 0 Å². The minimum atomic E-state index is -0.178. The van der Waals surface area contributed by atoms with E-state index in [-0.39, 0.29) is 11.6 Å². The van der Waals surface area contributed by atoms with Crippen molar-refractivity contribution in [3.63, 3.8) is 0 Å². The van der Waals surface area contributed by atoms with Crippen molar-refractivity contribution in [2.75, 3.05) is 25.1 Å². The molecule has 0 bridgehead atoms. The predicted octanol–water partition coefficient (Wildman–Crippen LogP) is 3.60. The quantitative estimate of drug-likeness (QED) is 0.474. The summed E-state index contributed by atoms with van der Waals surface area (Å²) in [5.41, 5.74) is 1.03. The largest absolute Gasteiger partial charge is 0.487 e. The van der Waals surface area contributed by atoms with Crippen molar-refractivity contribution in [3.8, 4) is 5.75 Å². The summed E-state index contributed by atoms with van der Waals surface area (Å²) in [6, 6.07) is 8.50. The van der Waals surface area contributed by atoms with Crippen LogP contribution in [-0.2, 0) is 0 Å². The molecular weight excluding hydrogens is 306 g/mol. The summed E-state index contributed by atoms with van der Waals surface area (Å²) in [7, 11) is 0. The van der Waals surface area contributed by atoms with Crippen LogP contribution in [0.3, 0.4) is 0 Å². The van der Waals surface area contributed by atoms with E-state index in [0.717, 1.165) is 43.4 Å². The Morgan fingerprint density at radius 3 is 2.91 bits per heavy atom. The molecule has 0 saturated carbocycles. The van der Waals surface area contributed by atoms with Gasteiger partial charge in [0.05, 0.1) is 6.04 Å². The van der Waals surface area contributed by atoms with Crippen molar-refractivity contribution in [1.82, 2.24) is 10.6 Å². The lowest BCUT2D eigenvalue weighted by Gasteiger charge is -2.38. The van der Waals surface area contributed by atoms with E-state index in [9.17, 15) is 0 Å². The van der Waals surface area contributed by atoms with Gasteiger partial charge in [0.15, 0.2) is 5.96 Å². The summed E-state index contributed by atoms with van der Waals surface area (Å²) in [6.07, 6.45) is 4.15. The Hall–Kier alpha value is -1.36. The molecule has 1 heterocycles. The highest BCUT2D eigenvalue weighted by atomic mass is 32.2. The lowest BCUT2D eigenvalue weighted by molar-refractivity contribution is 0.0694. The molecule has 1 aliphatic heterocycles. The summed E-state index contributed by atoms with van der Waals surface area (Å²) in [6.45, 7) is 8.09. The summed E-state index contributed by atoms with van der Waals surface area (Å²) < 4.78 is 6.10. The molecule has 1 aromatic carbocycles. The van der Waals surface area contributed by atoms with Gasteiger partial charge in [-0.25, -0.2) is 0 Å². The average Bonchev–Trinajstić information content (AvgIpc) is 2.50. The van der Waals surface area contributed by atoms with Crippen molar-refractivity contribution in [1.29, 1.82) is 0 Å². The fourth-order valence-corrected chi connectivity index (χ4v) is 3.23. The number of benzene rings is 1. The highest BCUT2D eigenvalue weighted by molar-refractivity contribution is 7.98. The Balaban J connectivity index is 2.12. The zero-order valence-electron chi connectivity index (χ0n) is 14.7. The van der Waals surface area contributed by atoms with Gasteiger partial charge in [-0.3, -0.25) is 4.99 Å². The highest BCUT2D eigenvalue weighted by Crippen LogP contribution is 2.39. The number of nitrogens with zero attached hydrogens (tertiary/aromatic N) is 1. The number of aliphatic imine (C=N–C) groups is 1. The first-order chi connectivity index (χ1) is 11.1. The molecule has 0 saturated heterocycles. The van der Waals surface area contributed by atoms with Gasteiger partial charge < -0.3 is 15.4 Å². The van der Waals surface area contributed by atoms with Gasteiger partial charge in [0.2, 0.25) is 0 Å². The second-order valence-corrected chi connectivity index (χ2v) is 7.39. The van der Waals surface area contributed by atoms with E-state index in [1.165, 1.54) is 5.56 Å². The Bertz CT molecular complexity index is 531. The third-order valence-corrected chi connectivity index (χ3v) is 4.50. The third-order valence-electron chi connectivity index (χ3n) is 3.81. The summed E-state index contributed by atoms with van der Waals surface area (Å²) in [5, 5.41) is 6.95. The lowest BCUT2D eigenvalue weighted by atomic mass is 9.90. The molecule has 1 aliphatic rings. The number of ether oxygens (including phenoxy) is 1. The molecule has 1 atom stereocenters. The minimum Gasteiger partial charge on any atom is -0.487 e. The molecule has 0 fully saturated rings. The molecule has 5 heteroatoms. The molecular formula is C18H29N3OS. The van der Waals surface area contributed by atoms with Crippen LogP contribution in [0, 0.1) is 0 Å². The van der Waals surface area contributed by atoms with Gasteiger partial charge in [-0.2, -0.15) is 11.8 Å². The summed E-state index contributed by atoms with van der Waals surface area (Å²) in [5.74, 6) is 3.02. The molecule has 2 rings (SSSR count). The van der Waals surface area contributed by atoms with E-state index in [1.807, 2.05) is 23.9 Å². The van der Waals surface area contributed by atoms with E-state index >= 15 is 0 Å². The molecule has 0 amide bonds. The molecule has 128 valence electrons. The summed E-state index contributed by atoms with van der Waals surface area (Å²) >= 11 is 1.87. The zero-order chi connectivity index (χ0) is 16.7. The maximum absolute atomic E-state index is 6.10. The number of para-hydroxylation sites is 1. The Labute approximate surface area is 144 Å². The van der Waals surface area contributed by atoms with Gasteiger partial charge in [-0.1, -0.05) is 18.2 Å². The number of hydrogen-bond acceptors (Lipinski definition) is 3. The molecule has 0 aromatic heterocycles. The van der Waals surface area contributed by atoms with Crippen LogP contribution in [0.5, 0.6) is 5.75 Å². The van der Waals surface area contributed by atoms with Gasteiger partial charge in [0.1, 0.15) is 11.4 Å². The number of fused-ring (bicyclic) bond motifs is 1. The van der Waals surface area contributed by atoms with E-state index in [4.69, 9.17) is 9.73 Å². The molecule has 0 radical (unpaired) electrons. The molecule has 1 aromatic rings. The van der Waals surface area contributed by atoms with Gasteiger partial charge in [-0.15, -0.1) is 0 Å². The monoisotopic (exact) mass is 335 g/mol. The Morgan fingerprint density at radius 2 is 2.17 bits per heavy atom. The maximum atomic E-state index is 6.10. The van der Waals surface area contributed by atoms with Crippen LogP contribution >= 0.6 is 11.8 Å². The Kier molecular flexibility index (Phi) is 6.63. The normalized spacial score (nSPS) is 19.7. The van der Waals surface area contributed by atoms with Crippen LogP contribution in [0.15, 0.2) is 29.3 Å². The highest BCUT2D eigenvalue weighted by Gasteiger charge is 2.33. The number of hydrogen-bond donors (Lipinski definition) is 2. The number of rotatable bonds is 6. The number of thioether (sulfide) groups is 1. The van der Waals surface area contributed by atoms with Crippen LogP contribution in [0.25, 0.3) is 0 Å². The Morgan fingerprint density at radius 1 is 1.39 bits per heavy atom. The first kappa shape index (κ1) is 18.0. The fraction of sp³-hybridized carbons (Fsp3) is 0.611. The molecule has 0 aliphatic carbocycles. The van der Waals surface area contributed by atoms with Crippen molar-refractivity contribution in [3.05, 3.63) is 29.8 Å². The second kappa shape index (κ2) is 8.48. The standard InChI is InChI=1S/C18H29N3OS/c1-5-19-17(20-11-8-12-23-4)21-15-13-18(2,3)22-16-10-7-6-9-14(15)16/h6-7,9-10,15H,5,8,11-13H2,1-4H3,(H2,19,20,21). The van der Waals surface area contributed by atoms with E-state index in [0.29, 0.717) is 0 Å². The molecule has 23 heavy (non-hydrogen) atoms. The van der Waals surface area contributed by atoms with Gasteiger partial charge in [0.25, 0.3) is 0 Å². The average molecular weight is 336 g/mol. The van der Waals surface area contributed by atoms with E-state index in [1.54, 1.807) is 0 Å². The van der Waals surface area contributed by atoms with Gasteiger partial charge in [-0.05, 0) is 45.3 Å². The molecule has 2 N–H and O–H groups in total. The number of guanidine groups is 1. The molecule has 4 nitrogen and oxygen atoms in total. The van der Waals surface area contributed by atoms with E-state index in [2.05, 4.69) is 49.8 Å².